The first-order valence-corrected chi connectivity index (χ1v) is 13.8. The molecule has 1 aliphatic carbocycles. The first-order valence-electron chi connectivity index (χ1n) is 13.4. The molecule has 1 saturated heterocycles. The number of nitrogens with one attached hydrogen (secondary N) is 2. The van der Waals surface area contributed by atoms with Crippen LogP contribution in [0.5, 0.6) is 5.75 Å². The number of carbonyl (C=O) groups excluding carboxylic acids is 2. The van der Waals surface area contributed by atoms with Gasteiger partial charge in [0.15, 0.2) is 11.4 Å². The fraction of sp³-hybridized carbons (Fsp3) is 0.152. The lowest BCUT2D eigenvalue weighted by Crippen LogP contribution is -2.56. The average molecular weight is 567 g/mol. The molecule has 3 aromatic carbocycles. The maximum atomic E-state index is 14.4. The Morgan fingerprint density at radius 3 is 2.68 bits per heavy atom. The second-order valence-electron chi connectivity index (χ2n) is 9.97. The topological polar surface area (TPSA) is 76.7 Å². The zero-order chi connectivity index (χ0) is 28.4. The van der Waals surface area contributed by atoms with Gasteiger partial charge in [-0.05, 0) is 53.9 Å². The Morgan fingerprint density at radius 2 is 1.88 bits per heavy atom. The van der Waals surface area contributed by atoms with Gasteiger partial charge in [0.05, 0.1) is 36.1 Å². The van der Waals surface area contributed by atoms with Crippen LogP contribution < -0.4 is 15.4 Å². The predicted molar refractivity (Wildman–Crippen MR) is 159 cm³/mol. The van der Waals surface area contributed by atoms with Crippen LogP contribution >= 0.6 is 11.6 Å². The molecule has 206 valence electrons. The molecule has 3 aromatic rings. The van der Waals surface area contributed by atoms with Crippen molar-refractivity contribution in [1.82, 2.24) is 5.32 Å². The monoisotopic (exact) mass is 566 g/mol. The van der Waals surface area contributed by atoms with E-state index in [0.29, 0.717) is 42.3 Å². The van der Waals surface area contributed by atoms with Crippen LogP contribution in [-0.4, -0.2) is 43.2 Å². The summed E-state index contributed by atoms with van der Waals surface area (Å²) >= 11 is 6.78. The third-order valence-corrected chi connectivity index (χ3v) is 7.96. The van der Waals surface area contributed by atoms with E-state index < -0.39 is 0 Å². The molecule has 7 nitrogen and oxygen atoms in total. The summed E-state index contributed by atoms with van der Waals surface area (Å²) in [7, 11) is 1.56. The molecule has 8 heteroatoms. The molecule has 0 radical (unpaired) electrons. The van der Waals surface area contributed by atoms with Crippen molar-refractivity contribution >= 4 is 29.1 Å². The van der Waals surface area contributed by atoms with Gasteiger partial charge in [0.2, 0.25) is 0 Å². The van der Waals surface area contributed by atoms with Crippen LogP contribution in [0.1, 0.15) is 27.1 Å². The van der Waals surface area contributed by atoms with Gasteiger partial charge in [-0.25, -0.2) is 4.79 Å². The number of allylic oxidation sites excluding steroid dienone is 4. The van der Waals surface area contributed by atoms with Crippen LogP contribution in [-0.2, 0) is 4.74 Å². The van der Waals surface area contributed by atoms with Crippen molar-refractivity contribution in [3.63, 3.8) is 0 Å². The van der Waals surface area contributed by atoms with Crippen molar-refractivity contribution in [2.45, 2.75) is 6.42 Å². The van der Waals surface area contributed by atoms with Crippen LogP contribution in [0.25, 0.3) is 11.1 Å². The Morgan fingerprint density at radius 1 is 1.02 bits per heavy atom. The van der Waals surface area contributed by atoms with E-state index in [1.165, 1.54) is 0 Å². The average Bonchev–Trinajstić information content (AvgIpc) is 3.18. The van der Waals surface area contributed by atoms with Crippen molar-refractivity contribution in [3.05, 3.63) is 130 Å². The van der Waals surface area contributed by atoms with Gasteiger partial charge in [-0.2, -0.15) is 4.48 Å². The fourth-order valence-corrected chi connectivity index (χ4v) is 5.85. The first kappa shape index (κ1) is 26.8. The van der Waals surface area contributed by atoms with Gasteiger partial charge in [-0.15, -0.1) is 0 Å². The van der Waals surface area contributed by atoms with Crippen LogP contribution in [0.4, 0.5) is 5.69 Å². The van der Waals surface area contributed by atoms with E-state index in [2.05, 4.69) is 16.7 Å². The van der Waals surface area contributed by atoms with Crippen molar-refractivity contribution in [2.75, 3.05) is 32.2 Å². The Kier molecular flexibility index (Phi) is 7.32. The molecule has 1 unspecified atom stereocenters. The molecule has 41 heavy (non-hydrogen) atoms. The highest BCUT2D eigenvalue weighted by atomic mass is 35.5. The van der Waals surface area contributed by atoms with E-state index >= 15 is 0 Å². The lowest BCUT2D eigenvalue weighted by Gasteiger charge is -2.41. The molecule has 0 aromatic heterocycles. The van der Waals surface area contributed by atoms with Crippen molar-refractivity contribution in [3.8, 4) is 16.9 Å². The van der Waals surface area contributed by atoms with E-state index in [9.17, 15) is 9.59 Å². The molecule has 0 bridgehead atoms. The van der Waals surface area contributed by atoms with Crippen LogP contribution in [0.2, 0.25) is 5.02 Å². The number of hydrogen-bond donors (Lipinski definition) is 2. The van der Waals surface area contributed by atoms with Gasteiger partial charge in [-0.1, -0.05) is 54.1 Å². The first-order chi connectivity index (χ1) is 20.0. The fourth-order valence-electron chi connectivity index (χ4n) is 5.59. The van der Waals surface area contributed by atoms with Crippen molar-refractivity contribution < 1.29 is 23.5 Å². The summed E-state index contributed by atoms with van der Waals surface area (Å²) in [5.74, 6) is 0.118. The highest BCUT2D eigenvalue weighted by Gasteiger charge is 2.50. The number of morpholine rings is 1. The summed E-state index contributed by atoms with van der Waals surface area (Å²) in [6.45, 7) is 1.22. The molecule has 6 rings (SSSR count). The number of rotatable bonds is 5. The Hall–Kier alpha value is -4.43. The SMILES string of the molecule is COc1ccc(-c2ccccc2)c(C(=O)Nc2ccc(C(=O)[N+]34CCOCC3=CNC=C3CC=CC=C34)c(Cl)c2)c1. The van der Waals surface area contributed by atoms with Gasteiger partial charge >= 0.3 is 5.91 Å². The largest absolute Gasteiger partial charge is 0.497 e. The molecule has 2 heterocycles. The quantitative estimate of drug-likeness (QED) is 0.348. The number of quaternary nitrogens is 1. The van der Waals surface area contributed by atoms with Crippen molar-refractivity contribution in [2.24, 2.45) is 0 Å². The second-order valence-corrected chi connectivity index (χ2v) is 10.4. The van der Waals surface area contributed by atoms with Gasteiger partial charge in [0.1, 0.15) is 18.9 Å². The van der Waals surface area contributed by atoms with Gasteiger partial charge in [0.25, 0.3) is 5.91 Å². The maximum absolute atomic E-state index is 14.4. The van der Waals surface area contributed by atoms with Crippen LogP contribution in [0.15, 0.2) is 114 Å². The highest BCUT2D eigenvalue weighted by molar-refractivity contribution is 6.34. The second kappa shape index (κ2) is 11.2. The number of halogens is 1. The minimum absolute atomic E-state index is 0.0127. The smallest absolute Gasteiger partial charge is 0.357 e. The summed E-state index contributed by atoms with van der Waals surface area (Å²) in [5, 5.41) is 6.43. The number of anilines is 1. The van der Waals surface area contributed by atoms with Crippen LogP contribution in [0.3, 0.4) is 0 Å². The van der Waals surface area contributed by atoms with Crippen LogP contribution in [0, 0.1) is 0 Å². The molecule has 3 aliphatic rings. The number of carbonyl (C=O) groups is 2. The van der Waals surface area contributed by atoms with E-state index in [-0.39, 0.29) is 21.3 Å². The Labute approximate surface area is 243 Å². The summed E-state index contributed by atoms with van der Waals surface area (Å²) in [5.41, 5.74) is 5.77. The Balaban J connectivity index is 1.33. The zero-order valence-corrected chi connectivity index (χ0v) is 23.3. The van der Waals surface area contributed by atoms with E-state index in [4.69, 9.17) is 21.1 Å². The number of benzene rings is 3. The van der Waals surface area contributed by atoms with Crippen molar-refractivity contribution in [1.29, 1.82) is 0 Å². The minimum atomic E-state index is -0.314. The third kappa shape index (κ3) is 4.89. The third-order valence-electron chi connectivity index (χ3n) is 7.65. The molecular weight excluding hydrogens is 538 g/mol. The summed E-state index contributed by atoms with van der Waals surface area (Å²) in [6, 6.07) is 20.1. The molecule has 0 spiro atoms. The number of nitrogens with zero attached hydrogens (tertiary/aromatic N) is 1. The number of fused-ring (bicyclic) bond motifs is 3. The molecule has 1 fully saturated rings. The molecule has 0 saturated carbocycles. The van der Waals surface area contributed by atoms with E-state index in [0.717, 1.165) is 34.5 Å². The number of hydrogen-bond acceptors (Lipinski definition) is 5. The lowest BCUT2D eigenvalue weighted by molar-refractivity contribution is -0.779. The normalized spacial score (nSPS) is 19.3. The molecule has 2 N–H and O–H groups in total. The summed E-state index contributed by atoms with van der Waals surface area (Å²) < 4.78 is 11.1. The van der Waals surface area contributed by atoms with E-state index in [1.807, 2.05) is 67.0 Å². The molecule has 1 atom stereocenters. The lowest BCUT2D eigenvalue weighted by atomic mass is 9.98. The molecular formula is C33H29ClN3O4+. The highest BCUT2D eigenvalue weighted by Crippen LogP contribution is 2.40. The molecule has 2 aliphatic heterocycles. The minimum Gasteiger partial charge on any atom is -0.497 e. The number of amides is 2. The van der Waals surface area contributed by atoms with E-state index in [1.54, 1.807) is 31.4 Å². The molecule has 2 amide bonds. The number of ether oxygens (including phenoxy) is 2. The predicted octanol–water partition coefficient (Wildman–Crippen LogP) is 6.43. The van der Waals surface area contributed by atoms with Gasteiger partial charge in [0, 0.05) is 23.5 Å². The van der Waals surface area contributed by atoms with Gasteiger partial charge in [-0.3, -0.25) is 4.79 Å². The summed E-state index contributed by atoms with van der Waals surface area (Å²) in [4.78, 5) is 27.9. The maximum Gasteiger partial charge on any atom is 0.357 e. The standard InChI is InChI=1S/C33H28ClN3O4/c1-40-26-12-14-27(22-7-3-2-4-8-22)29(18-26)32(38)36-24-11-13-28(30(34)17-24)33(39)37-15-16-41-21-25(37)20-35-19-23-9-5-6-10-31(23)37/h2-8,10-14,17-20,35H,9,15-16,21H2,1H3/p+1. The Bertz CT molecular complexity index is 1660. The summed E-state index contributed by atoms with van der Waals surface area (Å²) in [6.07, 6.45) is 10.6. The van der Waals surface area contributed by atoms with Gasteiger partial charge < -0.3 is 20.1 Å². The zero-order valence-electron chi connectivity index (χ0n) is 22.5. The number of methoxy groups -OCH3 is 1.